The van der Waals surface area contributed by atoms with Crippen LogP contribution in [0.15, 0.2) is 64.4 Å². The molecule has 3 aromatic rings. The summed E-state index contributed by atoms with van der Waals surface area (Å²) in [5, 5.41) is 13.6. The Bertz CT molecular complexity index is 1190. The number of ether oxygens (including phenoxy) is 1. The molecule has 0 spiro atoms. The molecule has 0 aliphatic heterocycles. The Balaban J connectivity index is 2.08. The largest absolute Gasteiger partial charge is 0.487 e. The van der Waals surface area contributed by atoms with E-state index in [4.69, 9.17) is 4.74 Å². The highest BCUT2D eigenvalue weighted by Gasteiger charge is 2.17. The van der Waals surface area contributed by atoms with Gasteiger partial charge in [0.15, 0.2) is 15.6 Å². The van der Waals surface area contributed by atoms with E-state index in [0.29, 0.717) is 23.2 Å². The van der Waals surface area contributed by atoms with Crippen molar-refractivity contribution in [3.05, 3.63) is 70.9 Å². The number of aromatic nitrogens is 2. The SMILES string of the molecule is C[C@H](O)CCOc1c(-c2ccc(S(C)(=O)=O)cc2)cnn(-c2ccc(F)cc2)c1=O. The maximum Gasteiger partial charge on any atom is 0.314 e. The molecular weight excluding hydrogens is 411 g/mol. The van der Waals surface area contributed by atoms with Gasteiger partial charge in [-0.15, -0.1) is 0 Å². The molecule has 0 aliphatic rings. The molecule has 0 amide bonds. The number of nitrogens with zero attached hydrogens (tertiary/aromatic N) is 2. The van der Waals surface area contributed by atoms with E-state index in [1.165, 1.54) is 42.6 Å². The summed E-state index contributed by atoms with van der Waals surface area (Å²) in [6.45, 7) is 1.70. The number of hydrogen-bond donors (Lipinski definition) is 1. The van der Waals surface area contributed by atoms with Crippen LogP contribution in [-0.4, -0.2) is 42.3 Å². The molecule has 1 N–H and O–H groups in total. The topological polar surface area (TPSA) is 98.5 Å². The molecule has 1 heterocycles. The van der Waals surface area contributed by atoms with Crippen LogP contribution in [0.25, 0.3) is 16.8 Å². The maximum absolute atomic E-state index is 13.2. The lowest BCUT2D eigenvalue weighted by Gasteiger charge is -2.14. The molecule has 0 saturated carbocycles. The average Bonchev–Trinajstić information content (AvgIpc) is 2.69. The number of rotatable bonds is 7. The standard InChI is InChI=1S/C21H21FN2O5S/c1-14(25)11-12-29-20-19(15-3-9-18(10-4-15)30(2,27)28)13-23-24(21(20)26)17-7-5-16(22)6-8-17/h3-10,13-14,25H,11-12H2,1-2H3/t14-/m0/s1. The number of benzene rings is 2. The highest BCUT2D eigenvalue weighted by Crippen LogP contribution is 2.28. The Hall–Kier alpha value is -3.04. The van der Waals surface area contributed by atoms with Crippen molar-refractivity contribution in [1.29, 1.82) is 0 Å². The van der Waals surface area contributed by atoms with E-state index >= 15 is 0 Å². The lowest BCUT2D eigenvalue weighted by Crippen LogP contribution is -2.24. The second kappa shape index (κ2) is 8.76. The molecule has 158 valence electrons. The summed E-state index contributed by atoms with van der Waals surface area (Å²) in [5.41, 5.74) is 0.729. The van der Waals surface area contributed by atoms with Crippen molar-refractivity contribution in [3.63, 3.8) is 0 Å². The zero-order valence-corrected chi connectivity index (χ0v) is 17.3. The fourth-order valence-corrected chi connectivity index (χ4v) is 3.39. The van der Waals surface area contributed by atoms with Crippen LogP contribution in [0.3, 0.4) is 0 Å². The molecule has 1 aromatic heterocycles. The minimum absolute atomic E-state index is 0.00193. The van der Waals surface area contributed by atoms with Crippen molar-refractivity contribution in [3.8, 4) is 22.6 Å². The molecule has 0 radical (unpaired) electrons. The van der Waals surface area contributed by atoms with Gasteiger partial charge in [-0.05, 0) is 48.9 Å². The summed E-state index contributed by atoms with van der Waals surface area (Å²) in [6.07, 6.45) is 2.24. The molecule has 0 bridgehead atoms. The number of aliphatic hydroxyl groups excluding tert-OH is 1. The summed E-state index contributed by atoms with van der Waals surface area (Å²) in [4.78, 5) is 13.2. The van der Waals surface area contributed by atoms with Crippen molar-refractivity contribution in [1.82, 2.24) is 9.78 Å². The summed E-state index contributed by atoms with van der Waals surface area (Å²) in [7, 11) is -3.36. The van der Waals surface area contributed by atoms with Crippen LogP contribution >= 0.6 is 0 Å². The van der Waals surface area contributed by atoms with E-state index in [-0.39, 0.29) is 17.3 Å². The van der Waals surface area contributed by atoms with Crippen LogP contribution in [0.4, 0.5) is 4.39 Å². The van der Waals surface area contributed by atoms with E-state index in [2.05, 4.69) is 5.10 Å². The van der Waals surface area contributed by atoms with Crippen LogP contribution in [0.2, 0.25) is 0 Å². The molecule has 3 rings (SSSR count). The van der Waals surface area contributed by atoms with Crippen molar-refractivity contribution < 1.29 is 22.7 Å². The van der Waals surface area contributed by atoms with Gasteiger partial charge in [0, 0.05) is 18.2 Å². The minimum atomic E-state index is -3.36. The van der Waals surface area contributed by atoms with Gasteiger partial charge in [0.1, 0.15) is 5.82 Å². The van der Waals surface area contributed by atoms with Crippen LogP contribution in [0.5, 0.6) is 5.75 Å². The Labute approximate surface area is 173 Å². The third-order valence-electron chi connectivity index (χ3n) is 4.38. The van der Waals surface area contributed by atoms with Gasteiger partial charge >= 0.3 is 5.56 Å². The highest BCUT2D eigenvalue weighted by molar-refractivity contribution is 7.90. The van der Waals surface area contributed by atoms with E-state index in [9.17, 15) is 22.7 Å². The van der Waals surface area contributed by atoms with E-state index in [1.807, 2.05) is 0 Å². The fourth-order valence-electron chi connectivity index (χ4n) is 2.76. The number of sulfone groups is 1. The van der Waals surface area contributed by atoms with E-state index in [1.54, 1.807) is 19.1 Å². The molecule has 7 nitrogen and oxygen atoms in total. The van der Waals surface area contributed by atoms with Crippen molar-refractivity contribution >= 4 is 9.84 Å². The molecule has 1 atom stereocenters. The first-order chi connectivity index (χ1) is 14.2. The summed E-state index contributed by atoms with van der Waals surface area (Å²) < 4.78 is 43.4. The summed E-state index contributed by atoms with van der Waals surface area (Å²) in [5.74, 6) is -0.440. The number of hydrogen-bond acceptors (Lipinski definition) is 6. The molecule has 2 aromatic carbocycles. The first-order valence-corrected chi connectivity index (χ1v) is 11.1. The molecule has 0 unspecified atom stereocenters. The number of aliphatic hydroxyl groups is 1. The molecular formula is C21H21FN2O5S. The van der Waals surface area contributed by atoms with Crippen molar-refractivity contribution in [2.24, 2.45) is 0 Å². The normalized spacial score (nSPS) is 12.5. The Morgan fingerprint density at radius 1 is 1.13 bits per heavy atom. The summed E-state index contributed by atoms with van der Waals surface area (Å²) >= 11 is 0. The van der Waals surface area contributed by atoms with Gasteiger partial charge in [0.25, 0.3) is 0 Å². The molecule has 0 fully saturated rings. The lowest BCUT2D eigenvalue weighted by atomic mass is 10.1. The maximum atomic E-state index is 13.2. The van der Waals surface area contributed by atoms with Crippen LogP contribution in [0, 0.1) is 5.82 Å². The second-order valence-electron chi connectivity index (χ2n) is 6.86. The third kappa shape index (κ3) is 4.92. The zero-order chi connectivity index (χ0) is 21.9. The van der Waals surface area contributed by atoms with E-state index in [0.717, 1.165) is 10.9 Å². The smallest absolute Gasteiger partial charge is 0.314 e. The Kier molecular flexibility index (Phi) is 6.33. The van der Waals surface area contributed by atoms with Gasteiger partial charge in [-0.25, -0.2) is 12.8 Å². The highest BCUT2D eigenvalue weighted by atomic mass is 32.2. The van der Waals surface area contributed by atoms with Gasteiger partial charge in [-0.2, -0.15) is 9.78 Å². The average molecular weight is 432 g/mol. The van der Waals surface area contributed by atoms with Gasteiger partial charge in [-0.3, -0.25) is 4.79 Å². The van der Waals surface area contributed by atoms with Gasteiger partial charge in [0.2, 0.25) is 0 Å². The Morgan fingerprint density at radius 3 is 2.33 bits per heavy atom. The zero-order valence-electron chi connectivity index (χ0n) is 16.4. The van der Waals surface area contributed by atoms with Crippen molar-refractivity contribution in [2.45, 2.75) is 24.3 Å². The second-order valence-corrected chi connectivity index (χ2v) is 8.88. The van der Waals surface area contributed by atoms with Gasteiger partial charge in [0.05, 0.1) is 29.5 Å². The van der Waals surface area contributed by atoms with Crippen LogP contribution in [0.1, 0.15) is 13.3 Å². The van der Waals surface area contributed by atoms with Gasteiger partial charge in [-0.1, -0.05) is 12.1 Å². The Morgan fingerprint density at radius 2 is 1.77 bits per heavy atom. The summed E-state index contributed by atoms with van der Waals surface area (Å²) in [6, 6.07) is 11.3. The molecule has 9 heteroatoms. The molecule has 0 aliphatic carbocycles. The van der Waals surface area contributed by atoms with E-state index < -0.39 is 27.3 Å². The lowest BCUT2D eigenvalue weighted by molar-refractivity contribution is 0.155. The van der Waals surface area contributed by atoms with Crippen molar-refractivity contribution in [2.75, 3.05) is 12.9 Å². The van der Waals surface area contributed by atoms with Crippen LogP contribution < -0.4 is 10.3 Å². The first kappa shape index (κ1) is 21.7. The predicted octanol–water partition coefficient (Wildman–Crippen LogP) is 2.59. The quantitative estimate of drug-likeness (QED) is 0.616. The number of halogens is 1. The third-order valence-corrected chi connectivity index (χ3v) is 5.51. The van der Waals surface area contributed by atoms with Gasteiger partial charge < -0.3 is 9.84 Å². The first-order valence-electron chi connectivity index (χ1n) is 9.16. The fraction of sp³-hybridized carbons (Fsp3) is 0.238. The minimum Gasteiger partial charge on any atom is -0.487 e. The monoisotopic (exact) mass is 432 g/mol. The molecule has 30 heavy (non-hydrogen) atoms. The van der Waals surface area contributed by atoms with Crippen LogP contribution in [-0.2, 0) is 9.84 Å². The predicted molar refractivity (Wildman–Crippen MR) is 110 cm³/mol. The molecule has 0 saturated heterocycles.